The van der Waals surface area contributed by atoms with Gasteiger partial charge >= 0.3 is 5.97 Å². The minimum Gasteiger partial charge on any atom is -0.478 e. The summed E-state index contributed by atoms with van der Waals surface area (Å²) >= 11 is 0. The number of amides is 1. The van der Waals surface area contributed by atoms with E-state index in [0.29, 0.717) is 18.4 Å². The monoisotopic (exact) mass is 264 g/mol. The van der Waals surface area contributed by atoms with E-state index in [2.05, 4.69) is 5.32 Å². The summed E-state index contributed by atoms with van der Waals surface area (Å²) in [6.45, 7) is 5.35. The maximum atomic E-state index is 12.2. The van der Waals surface area contributed by atoms with Gasteiger partial charge in [-0.05, 0) is 31.4 Å². The van der Waals surface area contributed by atoms with Gasteiger partial charge in [0.2, 0.25) is 5.91 Å². The molecular weight excluding hydrogens is 244 g/mol. The standard InChI is InChI=1S/C14H20N2O3/c1-4-14(15,5-2)13(19)16-10-8-6-7-9(3)11(10)12(17)18/h6-8H,4-5,15H2,1-3H3,(H,16,19)(H,17,18). The van der Waals surface area contributed by atoms with Gasteiger partial charge in [0.15, 0.2) is 0 Å². The van der Waals surface area contributed by atoms with Crippen LogP contribution in [-0.4, -0.2) is 22.5 Å². The number of hydrogen-bond acceptors (Lipinski definition) is 3. The third-order valence-corrected chi connectivity index (χ3v) is 3.45. The molecule has 19 heavy (non-hydrogen) atoms. The maximum Gasteiger partial charge on any atom is 0.338 e. The smallest absolute Gasteiger partial charge is 0.338 e. The molecule has 0 aliphatic carbocycles. The molecule has 0 bridgehead atoms. The highest BCUT2D eigenvalue weighted by Gasteiger charge is 2.30. The first-order valence-electron chi connectivity index (χ1n) is 6.29. The van der Waals surface area contributed by atoms with Gasteiger partial charge < -0.3 is 16.2 Å². The van der Waals surface area contributed by atoms with Crippen LogP contribution < -0.4 is 11.1 Å². The third kappa shape index (κ3) is 3.12. The van der Waals surface area contributed by atoms with Crippen molar-refractivity contribution in [3.05, 3.63) is 29.3 Å². The summed E-state index contributed by atoms with van der Waals surface area (Å²) in [4.78, 5) is 23.4. The van der Waals surface area contributed by atoms with Crippen molar-refractivity contribution in [2.24, 2.45) is 5.73 Å². The number of carbonyl (C=O) groups is 2. The fraction of sp³-hybridized carbons (Fsp3) is 0.429. The first kappa shape index (κ1) is 15.2. The molecule has 0 aliphatic heterocycles. The number of carbonyl (C=O) groups excluding carboxylic acids is 1. The Labute approximate surface area is 112 Å². The molecule has 0 spiro atoms. The van der Waals surface area contributed by atoms with Crippen molar-refractivity contribution in [2.45, 2.75) is 39.2 Å². The molecule has 1 amide bonds. The summed E-state index contributed by atoms with van der Waals surface area (Å²) < 4.78 is 0. The fourth-order valence-corrected chi connectivity index (χ4v) is 1.87. The Morgan fingerprint density at radius 2 is 1.89 bits per heavy atom. The van der Waals surface area contributed by atoms with Crippen molar-refractivity contribution in [3.63, 3.8) is 0 Å². The summed E-state index contributed by atoms with van der Waals surface area (Å²) in [6.07, 6.45) is 0.979. The Bertz CT molecular complexity index is 493. The van der Waals surface area contributed by atoms with Gasteiger partial charge in [-0.3, -0.25) is 4.79 Å². The van der Waals surface area contributed by atoms with Gasteiger partial charge in [0.1, 0.15) is 0 Å². The molecule has 4 N–H and O–H groups in total. The molecule has 104 valence electrons. The molecule has 0 heterocycles. The zero-order valence-corrected chi connectivity index (χ0v) is 11.5. The Kier molecular flexibility index (Phi) is 4.67. The van der Waals surface area contributed by atoms with E-state index in [0.717, 1.165) is 0 Å². The number of benzene rings is 1. The van der Waals surface area contributed by atoms with E-state index >= 15 is 0 Å². The second kappa shape index (κ2) is 5.84. The van der Waals surface area contributed by atoms with Crippen LogP contribution in [0.4, 0.5) is 5.69 Å². The molecule has 5 heteroatoms. The number of carboxylic acid groups (broad SMARTS) is 1. The SMILES string of the molecule is CCC(N)(CC)C(=O)Nc1cccc(C)c1C(=O)O. The van der Waals surface area contributed by atoms with Crippen molar-refractivity contribution in [3.8, 4) is 0 Å². The molecule has 1 aromatic rings. The lowest BCUT2D eigenvalue weighted by Crippen LogP contribution is -2.50. The fourth-order valence-electron chi connectivity index (χ4n) is 1.87. The van der Waals surface area contributed by atoms with E-state index in [1.165, 1.54) is 0 Å². The van der Waals surface area contributed by atoms with Crippen LogP contribution >= 0.6 is 0 Å². The van der Waals surface area contributed by atoms with Crippen LogP contribution in [0.25, 0.3) is 0 Å². The van der Waals surface area contributed by atoms with Crippen molar-refractivity contribution < 1.29 is 14.7 Å². The normalized spacial score (nSPS) is 11.2. The van der Waals surface area contributed by atoms with Gasteiger partial charge in [-0.25, -0.2) is 4.79 Å². The first-order chi connectivity index (χ1) is 8.85. The molecule has 5 nitrogen and oxygen atoms in total. The predicted octanol–water partition coefficient (Wildman–Crippen LogP) is 2.15. The number of carboxylic acids is 1. The van der Waals surface area contributed by atoms with Crippen molar-refractivity contribution in [1.29, 1.82) is 0 Å². The molecular formula is C14H20N2O3. The average molecular weight is 264 g/mol. The molecule has 0 saturated heterocycles. The quantitative estimate of drug-likeness (QED) is 0.759. The minimum absolute atomic E-state index is 0.102. The molecule has 0 atom stereocenters. The second-order valence-corrected chi connectivity index (χ2v) is 4.62. The lowest BCUT2D eigenvalue weighted by molar-refractivity contribution is -0.121. The first-order valence-corrected chi connectivity index (χ1v) is 6.29. The maximum absolute atomic E-state index is 12.2. The van der Waals surface area contributed by atoms with E-state index in [4.69, 9.17) is 5.73 Å². The Hall–Kier alpha value is -1.88. The summed E-state index contributed by atoms with van der Waals surface area (Å²) in [5.74, 6) is -1.42. The van der Waals surface area contributed by atoms with Crippen molar-refractivity contribution >= 4 is 17.6 Å². The molecule has 1 rings (SSSR count). The van der Waals surface area contributed by atoms with Gasteiger partial charge in [0.05, 0.1) is 16.8 Å². The third-order valence-electron chi connectivity index (χ3n) is 3.45. The van der Waals surface area contributed by atoms with E-state index in [-0.39, 0.29) is 17.2 Å². The van der Waals surface area contributed by atoms with E-state index in [9.17, 15) is 14.7 Å². The predicted molar refractivity (Wildman–Crippen MR) is 74.3 cm³/mol. The number of nitrogens with two attached hydrogens (primary N) is 1. The second-order valence-electron chi connectivity index (χ2n) is 4.62. The number of aromatic carboxylic acids is 1. The number of aryl methyl sites for hydroxylation is 1. The highest BCUT2D eigenvalue weighted by molar-refractivity contribution is 6.04. The summed E-state index contributed by atoms with van der Waals surface area (Å²) in [5, 5.41) is 11.8. The average Bonchev–Trinajstić information content (AvgIpc) is 2.37. The largest absolute Gasteiger partial charge is 0.478 e. The number of anilines is 1. The van der Waals surface area contributed by atoms with E-state index < -0.39 is 11.5 Å². The topological polar surface area (TPSA) is 92.4 Å². The van der Waals surface area contributed by atoms with E-state index in [1.807, 2.05) is 13.8 Å². The van der Waals surface area contributed by atoms with Crippen LogP contribution in [0.2, 0.25) is 0 Å². The number of nitrogens with one attached hydrogen (secondary N) is 1. The molecule has 0 saturated carbocycles. The number of rotatable bonds is 5. The van der Waals surface area contributed by atoms with Crippen LogP contribution in [0.3, 0.4) is 0 Å². The molecule has 1 aromatic carbocycles. The van der Waals surface area contributed by atoms with Crippen LogP contribution in [0.1, 0.15) is 42.6 Å². The van der Waals surface area contributed by atoms with Gasteiger partial charge in [-0.15, -0.1) is 0 Å². The molecule has 0 fully saturated rings. The number of hydrogen-bond donors (Lipinski definition) is 3. The van der Waals surface area contributed by atoms with Crippen molar-refractivity contribution in [2.75, 3.05) is 5.32 Å². The van der Waals surface area contributed by atoms with Crippen LogP contribution in [0, 0.1) is 6.92 Å². The van der Waals surface area contributed by atoms with Gasteiger partial charge in [0, 0.05) is 0 Å². The van der Waals surface area contributed by atoms with E-state index in [1.54, 1.807) is 25.1 Å². The lowest BCUT2D eigenvalue weighted by atomic mass is 9.93. The summed E-state index contributed by atoms with van der Waals surface area (Å²) in [7, 11) is 0. The van der Waals surface area contributed by atoms with Crippen LogP contribution in [-0.2, 0) is 4.79 Å². The lowest BCUT2D eigenvalue weighted by Gasteiger charge is -2.25. The molecule has 0 unspecified atom stereocenters. The Morgan fingerprint density at radius 1 is 1.32 bits per heavy atom. The Morgan fingerprint density at radius 3 is 2.37 bits per heavy atom. The highest BCUT2D eigenvalue weighted by atomic mass is 16.4. The summed E-state index contributed by atoms with van der Waals surface area (Å²) in [5.41, 5.74) is 6.01. The molecule has 0 aromatic heterocycles. The van der Waals surface area contributed by atoms with Gasteiger partial charge in [-0.2, -0.15) is 0 Å². The zero-order chi connectivity index (χ0) is 14.6. The van der Waals surface area contributed by atoms with Gasteiger partial charge in [0.25, 0.3) is 0 Å². The highest BCUT2D eigenvalue weighted by Crippen LogP contribution is 2.22. The minimum atomic E-state index is -1.07. The molecule has 0 aliphatic rings. The van der Waals surface area contributed by atoms with Gasteiger partial charge in [-0.1, -0.05) is 26.0 Å². The van der Waals surface area contributed by atoms with Crippen molar-refractivity contribution in [1.82, 2.24) is 0 Å². The Balaban J connectivity index is 3.10. The van der Waals surface area contributed by atoms with Crippen LogP contribution in [0.5, 0.6) is 0 Å². The molecule has 0 radical (unpaired) electrons. The zero-order valence-electron chi connectivity index (χ0n) is 11.5. The summed E-state index contributed by atoms with van der Waals surface area (Å²) in [6, 6.07) is 4.96. The van der Waals surface area contributed by atoms with Crippen LogP contribution in [0.15, 0.2) is 18.2 Å².